The number of ketones is 1. The molecule has 1 atom stereocenters. The molecule has 0 fully saturated rings. The highest BCUT2D eigenvalue weighted by molar-refractivity contribution is 5.91. The smallest absolute Gasteiger partial charge is 0.155 e. The number of rotatable bonds is 6. The molecule has 0 bridgehead atoms. The quantitative estimate of drug-likeness (QED) is 0.596. The summed E-state index contributed by atoms with van der Waals surface area (Å²) in [5.74, 6) is 1.10. The van der Waals surface area contributed by atoms with Gasteiger partial charge >= 0.3 is 0 Å². The van der Waals surface area contributed by atoms with E-state index in [1.54, 1.807) is 0 Å². The van der Waals surface area contributed by atoms with Crippen molar-refractivity contribution in [2.24, 2.45) is 5.92 Å². The molecule has 1 aliphatic rings. The molecule has 0 N–H and O–H groups in total. The van der Waals surface area contributed by atoms with E-state index in [1.165, 1.54) is 31.3 Å². The Morgan fingerprint density at radius 1 is 1.33 bits per heavy atom. The Morgan fingerprint density at radius 2 is 2.13 bits per heavy atom. The normalized spacial score (nSPS) is 18.8. The van der Waals surface area contributed by atoms with E-state index in [4.69, 9.17) is 0 Å². The van der Waals surface area contributed by atoms with E-state index < -0.39 is 0 Å². The van der Waals surface area contributed by atoms with Gasteiger partial charge < -0.3 is 0 Å². The summed E-state index contributed by atoms with van der Waals surface area (Å²) in [4.78, 5) is 11.2. The molecule has 0 aromatic rings. The van der Waals surface area contributed by atoms with Gasteiger partial charge in [0.25, 0.3) is 0 Å². The van der Waals surface area contributed by atoms with Gasteiger partial charge in [-0.3, -0.25) is 4.79 Å². The summed E-state index contributed by atoms with van der Waals surface area (Å²) in [6.45, 7) is 4.56. The molecule has 0 aromatic heterocycles. The highest BCUT2D eigenvalue weighted by Gasteiger charge is 2.12. The van der Waals surface area contributed by atoms with E-state index in [9.17, 15) is 4.79 Å². The minimum Gasteiger partial charge on any atom is -0.295 e. The van der Waals surface area contributed by atoms with Gasteiger partial charge in [0, 0.05) is 6.42 Å². The van der Waals surface area contributed by atoms with Crippen LogP contribution in [0.25, 0.3) is 0 Å². The molecule has 1 rings (SSSR count). The Kier molecular flexibility index (Phi) is 5.67. The molecule has 0 amide bonds. The van der Waals surface area contributed by atoms with E-state index in [1.807, 2.05) is 6.08 Å². The summed E-state index contributed by atoms with van der Waals surface area (Å²) >= 11 is 0. The molecule has 0 saturated carbocycles. The van der Waals surface area contributed by atoms with Gasteiger partial charge in [-0.1, -0.05) is 45.1 Å². The summed E-state index contributed by atoms with van der Waals surface area (Å²) in [5.41, 5.74) is 1.40. The Hall–Kier alpha value is -0.590. The van der Waals surface area contributed by atoms with E-state index in [2.05, 4.69) is 13.8 Å². The molecule has 0 saturated heterocycles. The SMILES string of the molecule is CCCCCC(C)CC1=CC(=O)CCC1. The number of carbonyl (C=O) groups excluding carboxylic acids is 1. The molecule has 1 heteroatoms. The Morgan fingerprint density at radius 3 is 2.80 bits per heavy atom. The number of unbranched alkanes of at least 4 members (excludes halogenated alkanes) is 2. The zero-order valence-corrected chi connectivity index (χ0v) is 10.2. The average molecular weight is 208 g/mol. The molecule has 1 unspecified atom stereocenters. The maximum absolute atomic E-state index is 11.2. The highest BCUT2D eigenvalue weighted by atomic mass is 16.1. The third kappa shape index (κ3) is 5.15. The van der Waals surface area contributed by atoms with E-state index in [0.717, 1.165) is 31.6 Å². The van der Waals surface area contributed by atoms with Crippen LogP contribution in [0.3, 0.4) is 0 Å². The first-order valence-electron chi connectivity index (χ1n) is 6.44. The summed E-state index contributed by atoms with van der Waals surface area (Å²) in [7, 11) is 0. The molecule has 86 valence electrons. The Labute approximate surface area is 93.9 Å². The van der Waals surface area contributed by atoms with Crippen molar-refractivity contribution < 1.29 is 4.79 Å². The third-order valence-corrected chi connectivity index (χ3v) is 3.20. The minimum absolute atomic E-state index is 0.344. The number of carbonyl (C=O) groups is 1. The Bertz CT molecular complexity index is 227. The lowest BCUT2D eigenvalue weighted by Crippen LogP contribution is -2.06. The van der Waals surface area contributed by atoms with Crippen molar-refractivity contribution in [1.82, 2.24) is 0 Å². The van der Waals surface area contributed by atoms with Crippen LogP contribution in [-0.2, 0) is 4.79 Å². The largest absolute Gasteiger partial charge is 0.295 e. The molecule has 1 nitrogen and oxygen atoms in total. The van der Waals surface area contributed by atoms with Crippen LogP contribution in [0.5, 0.6) is 0 Å². The van der Waals surface area contributed by atoms with Crippen molar-refractivity contribution >= 4 is 5.78 Å². The van der Waals surface area contributed by atoms with Crippen molar-refractivity contribution in [3.8, 4) is 0 Å². The monoisotopic (exact) mass is 208 g/mol. The number of hydrogen-bond donors (Lipinski definition) is 0. The second-order valence-corrected chi connectivity index (χ2v) is 4.93. The molecule has 0 aromatic carbocycles. The molecule has 0 aliphatic heterocycles. The van der Waals surface area contributed by atoms with E-state index in [-0.39, 0.29) is 0 Å². The maximum Gasteiger partial charge on any atom is 0.155 e. The third-order valence-electron chi connectivity index (χ3n) is 3.20. The van der Waals surface area contributed by atoms with Gasteiger partial charge in [-0.15, -0.1) is 0 Å². The van der Waals surface area contributed by atoms with Gasteiger partial charge in [-0.25, -0.2) is 0 Å². The van der Waals surface area contributed by atoms with Crippen molar-refractivity contribution in [3.05, 3.63) is 11.6 Å². The van der Waals surface area contributed by atoms with Crippen molar-refractivity contribution in [3.63, 3.8) is 0 Å². The average Bonchev–Trinajstić information content (AvgIpc) is 2.18. The second kappa shape index (κ2) is 6.81. The first-order chi connectivity index (χ1) is 7.22. The standard InChI is InChI=1S/C14H24O/c1-3-4-5-7-12(2)10-13-8-6-9-14(15)11-13/h11-12H,3-10H2,1-2H3. The second-order valence-electron chi connectivity index (χ2n) is 4.93. The van der Waals surface area contributed by atoms with Crippen LogP contribution in [0, 0.1) is 5.92 Å². The predicted molar refractivity (Wildman–Crippen MR) is 64.9 cm³/mol. The summed E-state index contributed by atoms with van der Waals surface area (Å²) in [6.07, 6.45) is 11.4. The first kappa shape index (κ1) is 12.5. The lowest BCUT2D eigenvalue weighted by atomic mass is 9.89. The zero-order chi connectivity index (χ0) is 11.1. The molecular weight excluding hydrogens is 184 g/mol. The van der Waals surface area contributed by atoms with Gasteiger partial charge in [0.15, 0.2) is 5.78 Å². The van der Waals surface area contributed by atoms with E-state index >= 15 is 0 Å². The zero-order valence-electron chi connectivity index (χ0n) is 10.2. The van der Waals surface area contributed by atoms with Gasteiger partial charge in [-0.05, 0) is 31.3 Å². The lowest BCUT2D eigenvalue weighted by Gasteiger charge is -2.16. The van der Waals surface area contributed by atoms with Crippen molar-refractivity contribution in [1.29, 1.82) is 0 Å². The lowest BCUT2D eigenvalue weighted by molar-refractivity contribution is -0.115. The van der Waals surface area contributed by atoms with Gasteiger partial charge in [-0.2, -0.15) is 0 Å². The van der Waals surface area contributed by atoms with Crippen LogP contribution in [0.1, 0.15) is 65.2 Å². The maximum atomic E-state index is 11.2. The summed E-state index contributed by atoms with van der Waals surface area (Å²) in [5, 5.41) is 0. The summed E-state index contributed by atoms with van der Waals surface area (Å²) < 4.78 is 0. The first-order valence-corrected chi connectivity index (χ1v) is 6.44. The van der Waals surface area contributed by atoms with Crippen molar-refractivity contribution in [2.75, 3.05) is 0 Å². The van der Waals surface area contributed by atoms with Crippen molar-refractivity contribution in [2.45, 2.75) is 65.2 Å². The van der Waals surface area contributed by atoms with Crippen LogP contribution in [-0.4, -0.2) is 5.78 Å². The van der Waals surface area contributed by atoms with Gasteiger partial charge in [0.1, 0.15) is 0 Å². The molecule has 15 heavy (non-hydrogen) atoms. The fraction of sp³-hybridized carbons (Fsp3) is 0.786. The Balaban J connectivity index is 2.24. The molecule has 1 aliphatic carbocycles. The summed E-state index contributed by atoms with van der Waals surface area (Å²) in [6, 6.07) is 0. The predicted octanol–water partition coefficient (Wildman–Crippen LogP) is 4.27. The molecule has 0 radical (unpaired) electrons. The van der Waals surface area contributed by atoms with Crippen LogP contribution in [0.4, 0.5) is 0 Å². The fourth-order valence-electron chi connectivity index (χ4n) is 2.32. The number of allylic oxidation sites excluding steroid dienone is 2. The van der Waals surface area contributed by atoms with Crippen LogP contribution in [0.2, 0.25) is 0 Å². The molecule has 0 spiro atoms. The van der Waals surface area contributed by atoms with Gasteiger partial charge in [0.2, 0.25) is 0 Å². The number of hydrogen-bond acceptors (Lipinski definition) is 1. The molecule has 0 heterocycles. The minimum atomic E-state index is 0.344. The highest BCUT2D eigenvalue weighted by Crippen LogP contribution is 2.24. The van der Waals surface area contributed by atoms with Crippen LogP contribution < -0.4 is 0 Å². The van der Waals surface area contributed by atoms with Crippen LogP contribution >= 0.6 is 0 Å². The molecular formula is C14H24O. The van der Waals surface area contributed by atoms with E-state index in [0.29, 0.717) is 5.78 Å². The topological polar surface area (TPSA) is 17.1 Å². The van der Waals surface area contributed by atoms with Crippen LogP contribution in [0.15, 0.2) is 11.6 Å². The fourth-order valence-corrected chi connectivity index (χ4v) is 2.32. The van der Waals surface area contributed by atoms with Gasteiger partial charge in [0.05, 0.1) is 0 Å².